The summed E-state index contributed by atoms with van der Waals surface area (Å²) in [6.45, 7) is 2.36. The molecule has 5 heteroatoms. The van der Waals surface area contributed by atoms with Crippen molar-refractivity contribution in [2.75, 3.05) is 6.61 Å². The maximum absolute atomic E-state index is 14.9. The lowest BCUT2D eigenvalue weighted by atomic mass is 9.76. The van der Waals surface area contributed by atoms with Gasteiger partial charge in [0.15, 0.2) is 11.6 Å². The summed E-state index contributed by atoms with van der Waals surface area (Å²) in [6, 6.07) is 16.0. The number of halogens is 3. The van der Waals surface area contributed by atoms with Crippen LogP contribution in [0.25, 0.3) is 23.3 Å². The quantitative estimate of drug-likeness (QED) is 0.291. The summed E-state index contributed by atoms with van der Waals surface area (Å²) in [7, 11) is 0. The van der Waals surface area contributed by atoms with Gasteiger partial charge < -0.3 is 9.84 Å². The second kappa shape index (κ2) is 10.00. The van der Waals surface area contributed by atoms with Crippen LogP contribution in [0.4, 0.5) is 13.2 Å². The highest BCUT2D eigenvalue weighted by atomic mass is 19.2. The number of ether oxygens (including phenoxy) is 1. The Morgan fingerprint density at radius 3 is 2.11 bits per heavy atom. The SMILES string of the molecule is CC(O)C1CCC(c2ccc(/C=C/c3ccc(-c4ccc(C5CO5)c(F)c4)cc3)c(F)c2F)CC1. The molecule has 1 N–H and O–H groups in total. The predicted octanol–water partition coefficient (Wildman–Crippen LogP) is 7.67. The molecule has 3 aromatic carbocycles. The molecule has 1 heterocycles. The monoisotopic (exact) mass is 478 g/mol. The minimum Gasteiger partial charge on any atom is -0.393 e. The van der Waals surface area contributed by atoms with Gasteiger partial charge in [0, 0.05) is 11.1 Å². The fourth-order valence-corrected chi connectivity index (χ4v) is 5.10. The molecule has 2 nitrogen and oxygen atoms in total. The Hall–Kier alpha value is -2.89. The van der Waals surface area contributed by atoms with Crippen LogP contribution in [-0.2, 0) is 4.74 Å². The molecular formula is C30H29F3O2. The lowest BCUT2D eigenvalue weighted by Gasteiger charge is -2.30. The minimum atomic E-state index is -0.830. The van der Waals surface area contributed by atoms with E-state index in [-0.39, 0.29) is 35.4 Å². The fraction of sp³-hybridized carbons (Fsp3) is 0.333. The van der Waals surface area contributed by atoms with Crippen molar-refractivity contribution in [1.29, 1.82) is 0 Å². The Morgan fingerprint density at radius 1 is 0.829 bits per heavy atom. The molecule has 0 bridgehead atoms. The predicted molar refractivity (Wildman–Crippen MR) is 132 cm³/mol. The molecule has 0 radical (unpaired) electrons. The average molecular weight is 479 g/mol. The third kappa shape index (κ3) is 5.21. The van der Waals surface area contributed by atoms with Crippen molar-refractivity contribution in [3.8, 4) is 11.1 Å². The van der Waals surface area contributed by atoms with E-state index in [0.29, 0.717) is 17.7 Å². The second-order valence-electron chi connectivity index (χ2n) is 9.74. The highest BCUT2D eigenvalue weighted by Crippen LogP contribution is 2.39. The van der Waals surface area contributed by atoms with E-state index in [4.69, 9.17) is 4.74 Å². The van der Waals surface area contributed by atoms with Gasteiger partial charge in [-0.25, -0.2) is 13.2 Å². The van der Waals surface area contributed by atoms with Crippen molar-refractivity contribution >= 4 is 12.2 Å². The van der Waals surface area contributed by atoms with Crippen LogP contribution in [0.1, 0.15) is 66.9 Å². The summed E-state index contributed by atoms with van der Waals surface area (Å²) in [4.78, 5) is 0. The Labute approximate surface area is 204 Å². The van der Waals surface area contributed by atoms with E-state index in [0.717, 1.165) is 42.4 Å². The third-order valence-electron chi connectivity index (χ3n) is 7.42. The van der Waals surface area contributed by atoms with Gasteiger partial charge in [-0.2, -0.15) is 0 Å². The Bertz CT molecular complexity index is 1220. The lowest BCUT2D eigenvalue weighted by Crippen LogP contribution is -2.23. The molecule has 1 aliphatic carbocycles. The molecule has 35 heavy (non-hydrogen) atoms. The first-order chi connectivity index (χ1) is 16.9. The van der Waals surface area contributed by atoms with E-state index >= 15 is 0 Å². The number of rotatable bonds is 6. The summed E-state index contributed by atoms with van der Waals surface area (Å²) in [5.74, 6) is -1.65. The summed E-state index contributed by atoms with van der Waals surface area (Å²) >= 11 is 0. The van der Waals surface area contributed by atoms with E-state index in [1.807, 2.05) is 30.3 Å². The van der Waals surface area contributed by atoms with Crippen LogP contribution in [-0.4, -0.2) is 17.8 Å². The molecule has 1 aliphatic heterocycles. The number of aliphatic hydroxyl groups excluding tert-OH is 1. The molecule has 0 spiro atoms. The van der Waals surface area contributed by atoms with Crippen molar-refractivity contribution in [2.45, 2.75) is 50.7 Å². The zero-order chi connectivity index (χ0) is 24.5. The zero-order valence-corrected chi connectivity index (χ0v) is 19.7. The van der Waals surface area contributed by atoms with Crippen LogP contribution in [0.5, 0.6) is 0 Å². The van der Waals surface area contributed by atoms with Crippen molar-refractivity contribution in [1.82, 2.24) is 0 Å². The minimum absolute atomic E-state index is 0.0132. The summed E-state index contributed by atoms with van der Waals surface area (Å²) in [6.07, 6.45) is 6.00. The fourth-order valence-electron chi connectivity index (χ4n) is 5.10. The molecule has 5 rings (SSSR count). The summed E-state index contributed by atoms with van der Waals surface area (Å²) in [5.41, 5.74) is 3.69. The van der Waals surface area contributed by atoms with Crippen molar-refractivity contribution < 1.29 is 23.0 Å². The van der Waals surface area contributed by atoms with Crippen LogP contribution < -0.4 is 0 Å². The Kier molecular flexibility index (Phi) is 6.81. The molecule has 2 unspecified atom stereocenters. The molecule has 2 atom stereocenters. The maximum Gasteiger partial charge on any atom is 0.166 e. The highest BCUT2D eigenvalue weighted by molar-refractivity contribution is 5.72. The number of benzene rings is 3. The van der Waals surface area contributed by atoms with Crippen molar-refractivity contribution in [3.05, 3.63) is 94.3 Å². The molecule has 2 aliphatic rings. The van der Waals surface area contributed by atoms with Gasteiger partial charge in [0.25, 0.3) is 0 Å². The first-order valence-corrected chi connectivity index (χ1v) is 12.3. The number of epoxide rings is 1. The topological polar surface area (TPSA) is 32.8 Å². The first kappa shape index (κ1) is 23.8. The molecule has 1 saturated heterocycles. The van der Waals surface area contributed by atoms with Gasteiger partial charge >= 0.3 is 0 Å². The van der Waals surface area contributed by atoms with E-state index < -0.39 is 11.6 Å². The van der Waals surface area contributed by atoms with Crippen molar-refractivity contribution in [3.63, 3.8) is 0 Å². The first-order valence-electron chi connectivity index (χ1n) is 12.3. The molecule has 3 aromatic rings. The molecular weight excluding hydrogens is 449 g/mol. The van der Waals surface area contributed by atoms with Gasteiger partial charge in [0.2, 0.25) is 0 Å². The third-order valence-corrected chi connectivity index (χ3v) is 7.42. The molecule has 1 saturated carbocycles. The van der Waals surface area contributed by atoms with Gasteiger partial charge in [-0.15, -0.1) is 0 Å². The number of hydrogen-bond donors (Lipinski definition) is 1. The maximum atomic E-state index is 14.9. The van der Waals surface area contributed by atoms with E-state index in [9.17, 15) is 18.3 Å². The van der Waals surface area contributed by atoms with Gasteiger partial charge in [0.05, 0.1) is 12.7 Å². The zero-order valence-electron chi connectivity index (χ0n) is 19.7. The summed E-state index contributed by atoms with van der Waals surface area (Å²) in [5, 5.41) is 9.78. The largest absolute Gasteiger partial charge is 0.393 e. The van der Waals surface area contributed by atoms with E-state index in [1.54, 1.807) is 37.3 Å². The molecule has 0 amide bonds. The standard InChI is InChI=1S/C30H29F3O2/c1-18(34)20-8-10-22(11-9-20)25-14-12-23(29(32)30(25)33)7-4-19-2-5-21(6-3-19)24-13-15-26(27(31)16-24)28-17-35-28/h2-7,12-16,18,20,22,28,34H,8-11,17H2,1H3/b7-4+. The van der Waals surface area contributed by atoms with Gasteiger partial charge in [0.1, 0.15) is 11.9 Å². The van der Waals surface area contributed by atoms with Gasteiger partial charge in [-0.3, -0.25) is 0 Å². The van der Waals surface area contributed by atoms with Crippen molar-refractivity contribution in [2.24, 2.45) is 5.92 Å². The number of aliphatic hydroxyl groups is 1. The van der Waals surface area contributed by atoms with Crippen LogP contribution in [0.2, 0.25) is 0 Å². The second-order valence-corrected chi connectivity index (χ2v) is 9.74. The van der Waals surface area contributed by atoms with Crippen LogP contribution in [0.3, 0.4) is 0 Å². The normalized spacial score (nSPS) is 22.9. The van der Waals surface area contributed by atoms with E-state index in [1.165, 1.54) is 6.07 Å². The van der Waals surface area contributed by atoms with Crippen LogP contribution in [0.15, 0.2) is 54.6 Å². The highest BCUT2D eigenvalue weighted by Gasteiger charge is 2.29. The summed E-state index contributed by atoms with van der Waals surface area (Å²) < 4.78 is 49.2. The van der Waals surface area contributed by atoms with Gasteiger partial charge in [-0.1, -0.05) is 60.7 Å². The molecule has 182 valence electrons. The molecule has 2 fully saturated rings. The average Bonchev–Trinajstić information content (AvgIpc) is 3.71. The Morgan fingerprint density at radius 2 is 1.49 bits per heavy atom. The van der Waals surface area contributed by atoms with E-state index in [2.05, 4.69) is 0 Å². The van der Waals surface area contributed by atoms with Gasteiger partial charge in [-0.05, 0) is 72.8 Å². The Balaban J connectivity index is 1.27. The van der Waals surface area contributed by atoms with Crippen LogP contribution >= 0.6 is 0 Å². The van der Waals surface area contributed by atoms with Crippen LogP contribution in [0, 0.1) is 23.4 Å². The molecule has 0 aromatic heterocycles. The lowest BCUT2D eigenvalue weighted by molar-refractivity contribution is 0.0963. The smallest absolute Gasteiger partial charge is 0.166 e. The number of hydrogen-bond acceptors (Lipinski definition) is 2.